The van der Waals surface area contributed by atoms with Crippen LogP contribution in [0.15, 0.2) is 59.1 Å². The van der Waals surface area contributed by atoms with Crippen molar-refractivity contribution in [1.29, 1.82) is 5.26 Å². The Labute approximate surface area is 150 Å². The molecule has 0 heterocycles. The molecule has 2 rings (SSSR count). The highest BCUT2D eigenvalue weighted by molar-refractivity contribution is 7.85. The minimum Gasteiger partial charge on any atom is -0.508 e. The summed E-state index contributed by atoms with van der Waals surface area (Å²) < 4.78 is 30.9. The van der Waals surface area contributed by atoms with Gasteiger partial charge >= 0.3 is 0 Å². The number of anilines is 2. The van der Waals surface area contributed by atoms with Gasteiger partial charge in [-0.3, -0.25) is 9.35 Å². The highest BCUT2D eigenvalue weighted by Crippen LogP contribution is 2.20. The Morgan fingerprint density at radius 3 is 2.38 bits per heavy atom. The van der Waals surface area contributed by atoms with Crippen molar-refractivity contribution in [3.8, 4) is 11.8 Å². The largest absolute Gasteiger partial charge is 0.508 e. The first-order chi connectivity index (χ1) is 12.2. The van der Waals surface area contributed by atoms with Gasteiger partial charge in [0.25, 0.3) is 16.0 Å². The van der Waals surface area contributed by atoms with Crippen molar-refractivity contribution < 1.29 is 22.9 Å². The lowest BCUT2D eigenvalue weighted by Crippen LogP contribution is -2.14. The van der Waals surface area contributed by atoms with E-state index in [-0.39, 0.29) is 21.9 Å². The Balaban J connectivity index is 2.12. The van der Waals surface area contributed by atoms with E-state index >= 15 is 0 Å². The van der Waals surface area contributed by atoms with E-state index in [2.05, 4.69) is 10.6 Å². The summed E-state index contributed by atoms with van der Waals surface area (Å²) in [6, 6.07) is 11.2. The number of aromatic hydroxyl groups is 1. The first-order valence-electron chi connectivity index (χ1n) is 7.26. The molecule has 0 fully saturated rings. The summed E-state index contributed by atoms with van der Waals surface area (Å²) in [5.74, 6) is -0.598. The van der Waals surface area contributed by atoms with Gasteiger partial charge in [-0.1, -0.05) is 0 Å². The first-order valence-corrected chi connectivity index (χ1v) is 8.70. The van der Waals surface area contributed by atoms with Crippen LogP contribution in [-0.4, -0.2) is 24.0 Å². The van der Waals surface area contributed by atoms with E-state index in [9.17, 15) is 18.3 Å². The Hall–Kier alpha value is -3.35. The molecule has 0 radical (unpaired) electrons. The van der Waals surface area contributed by atoms with E-state index < -0.39 is 16.0 Å². The zero-order chi connectivity index (χ0) is 19.3. The topological polar surface area (TPSA) is 140 Å². The molecule has 2 aromatic rings. The van der Waals surface area contributed by atoms with E-state index in [1.165, 1.54) is 30.5 Å². The minimum atomic E-state index is -4.32. The van der Waals surface area contributed by atoms with Crippen LogP contribution >= 0.6 is 0 Å². The Morgan fingerprint density at radius 1 is 1.19 bits per heavy atom. The van der Waals surface area contributed by atoms with Gasteiger partial charge in [-0.2, -0.15) is 13.7 Å². The van der Waals surface area contributed by atoms with Gasteiger partial charge in [-0.15, -0.1) is 0 Å². The van der Waals surface area contributed by atoms with Gasteiger partial charge in [0.1, 0.15) is 17.4 Å². The predicted octanol–water partition coefficient (Wildman–Crippen LogP) is 2.41. The van der Waals surface area contributed by atoms with Crippen LogP contribution in [0.4, 0.5) is 11.4 Å². The predicted molar refractivity (Wildman–Crippen MR) is 95.0 cm³/mol. The number of carbonyl (C=O) groups excluding carboxylic acids is 1. The first kappa shape index (κ1) is 19.0. The van der Waals surface area contributed by atoms with Crippen LogP contribution in [0, 0.1) is 18.3 Å². The molecule has 0 aliphatic heterocycles. The minimum absolute atomic E-state index is 0.101. The summed E-state index contributed by atoms with van der Waals surface area (Å²) >= 11 is 0. The van der Waals surface area contributed by atoms with E-state index in [0.29, 0.717) is 5.69 Å². The molecule has 2 aromatic carbocycles. The lowest BCUT2D eigenvalue weighted by Gasteiger charge is -2.08. The molecule has 4 N–H and O–H groups in total. The second kappa shape index (κ2) is 7.69. The molecule has 0 bridgehead atoms. The van der Waals surface area contributed by atoms with Gasteiger partial charge < -0.3 is 15.7 Å². The number of nitrogens with one attached hydrogen (secondary N) is 2. The van der Waals surface area contributed by atoms with Gasteiger partial charge in [0.05, 0.1) is 4.90 Å². The van der Waals surface area contributed by atoms with Crippen LogP contribution in [-0.2, 0) is 14.9 Å². The van der Waals surface area contributed by atoms with Crippen molar-refractivity contribution in [1.82, 2.24) is 0 Å². The molecule has 0 aromatic heterocycles. The van der Waals surface area contributed by atoms with Crippen LogP contribution in [0.3, 0.4) is 0 Å². The maximum absolute atomic E-state index is 12.1. The van der Waals surface area contributed by atoms with Crippen molar-refractivity contribution in [3.05, 3.63) is 59.8 Å². The molecule has 134 valence electrons. The standard InChI is InChI=1S/C17H15N3O5S/c1-11-8-14(21)4-7-16(11)19-10-12(9-18)17(22)20-13-2-5-15(6-3-13)26(23,24)25/h2-8,10,19,21H,1H3,(H,20,22)(H,23,24,25)/b12-10-. The molecular formula is C17H15N3O5S. The van der Waals surface area contributed by atoms with E-state index in [4.69, 9.17) is 9.81 Å². The number of rotatable bonds is 5. The van der Waals surface area contributed by atoms with Crippen LogP contribution in [0.1, 0.15) is 5.56 Å². The molecule has 0 unspecified atom stereocenters. The van der Waals surface area contributed by atoms with Crippen molar-refractivity contribution in [2.24, 2.45) is 0 Å². The second-order valence-corrected chi connectivity index (χ2v) is 6.69. The highest BCUT2D eigenvalue weighted by Gasteiger charge is 2.12. The van der Waals surface area contributed by atoms with E-state index in [1.54, 1.807) is 19.1 Å². The number of phenols is 1. The lowest BCUT2D eigenvalue weighted by molar-refractivity contribution is -0.112. The van der Waals surface area contributed by atoms with Crippen LogP contribution in [0.2, 0.25) is 0 Å². The third-order valence-electron chi connectivity index (χ3n) is 3.36. The molecule has 0 saturated carbocycles. The van der Waals surface area contributed by atoms with Crippen LogP contribution in [0.5, 0.6) is 5.75 Å². The molecule has 26 heavy (non-hydrogen) atoms. The zero-order valence-corrected chi connectivity index (χ0v) is 14.4. The fourth-order valence-corrected chi connectivity index (χ4v) is 2.50. The quantitative estimate of drug-likeness (QED) is 0.273. The maximum Gasteiger partial charge on any atom is 0.294 e. The van der Waals surface area contributed by atoms with Crippen LogP contribution < -0.4 is 10.6 Å². The number of nitrogens with zero attached hydrogens (tertiary/aromatic N) is 1. The summed E-state index contributed by atoms with van der Waals surface area (Å²) in [5, 5.41) is 23.8. The molecule has 0 aliphatic carbocycles. The fraction of sp³-hybridized carbons (Fsp3) is 0.0588. The Morgan fingerprint density at radius 2 is 1.85 bits per heavy atom. The molecule has 0 aliphatic rings. The average Bonchev–Trinajstić information content (AvgIpc) is 2.56. The number of carbonyl (C=O) groups is 1. The smallest absolute Gasteiger partial charge is 0.294 e. The lowest BCUT2D eigenvalue weighted by atomic mass is 10.2. The molecule has 1 amide bonds. The molecule has 8 nitrogen and oxygen atoms in total. The molecular weight excluding hydrogens is 358 g/mol. The summed E-state index contributed by atoms with van der Waals surface area (Å²) in [4.78, 5) is 11.8. The van der Waals surface area contributed by atoms with Crippen molar-refractivity contribution in [3.63, 3.8) is 0 Å². The van der Waals surface area contributed by atoms with Crippen LogP contribution in [0.25, 0.3) is 0 Å². The number of amides is 1. The normalized spacial score (nSPS) is 11.5. The summed E-state index contributed by atoms with van der Waals surface area (Å²) in [6.07, 6.45) is 1.22. The van der Waals surface area contributed by atoms with Gasteiger partial charge in [0.15, 0.2) is 0 Å². The van der Waals surface area contributed by atoms with Crippen molar-refractivity contribution in [2.75, 3.05) is 10.6 Å². The number of hydrogen-bond acceptors (Lipinski definition) is 6. The maximum atomic E-state index is 12.1. The molecule has 0 spiro atoms. The Bertz CT molecular complexity index is 1010. The summed E-state index contributed by atoms with van der Waals surface area (Å²) in [6.45, 7) is 1.75. The SMILES string of the molecule is Cc1cc(O)ccc1N/C=C(/C#N)C(=O)Nc1ccc(S(=O)(=O)O)cc1. The van der Waals surface area contributed by atoms with Gasteiger partial charge in [0.2, 0.25) is 0 Å². The number of nitriles is 1. The monoisotopic (exact) mass is 373 g/mol. The van der Waals surface area contributed by atoms with E-state index in [1.807, 2.05) is 0 Å². The summed E-state index contributed by atoms with van der Waals surface area (Å²) in [5.41, 5.74) is 1.38. The molecule has 9 heteroatoms. The van der Waals surface area contributed by atoms with Crippen molar-refractivity contribution >= 4 is 27.4 Å². The molecule has 0 atom stereocenters. The van der Waals surface area contributed by atoms with Gasteiger partial charge in [-0.25, -0.2) is 0 Å². The second-order valence-electron chi connectivity index (χ2n) is 5.27. The molecule has 0 saturated heterocycles. The summed E-state index contributed by atoms with van der Waals surface area (Å²) in [7, 11) is -4.32. The third kappa shape index (κ3) is 4.83. The van der Waals surface area contributed by atoms with E-state index in [0.717, 1.165) is 17.7 Å². The van der Waals surface area contributed by atoms with Crippen molar-refractivity contribution in [2.45, 2.75) is 11.8 Å². The number of hydrogen-bond donors (Lipinski definition) is 4. The highest BCUT2D eigenvalue weighted by atomic mass is 32.2. The number of aryl methyl sites for hydroxylation is 1. The average molecular weight is 373 g/mol. The van der Waals surface area contributed by atoms with Gasteiger partial charge in [0, 0.05) is 17.6 Å². The van der Waals surface area contributed by atoms with Gasteiger partial charge in [-0.05, 0) is 55.0 Å². The number of benzene rings is 2. The zero-order valence-electron chi connectivity index (χ0n) is 13.6. The Kier molecular flexibility index (Phi) is 5.61. The fourth-order valence-electron chi connectivity index (χ4n) is 2.02. The number of phenolic OH excluding ortho intramolecular Hbond substituents is 1. The third-order valence-corrected chi connectivity index (χ3v) is 4.23.